The van der Waals surface area contributed by atoms with Gasteiger partial charge in [-0.3, -0.25) is 4.79 Å². The van der Waals surface area contributed by atoms with Gasteiger partial charge in [-0.2, -0.15) is 0 Å². The monoisotopic (exact) mass is 316 g/mol. The van der Waals surface area contributed by atoms with Gasteiger partial charge in [-0.25, -0.2) is 4.79 Å². The quantitative estimate of drug-likeness (QED) is 0.879. The smallest absolute Gasteiger partial charge is 0.317 e. The number of hydrogen-bond acceptors (Lipinski definition) is 3. The maximum Gasteiger partial charge on any atom is 0.317 e. The SMILES string of the molecule is NC(=O)C1CCN(C(=O)NCc2ccc(N3CCCC3)cc2)C1. The van der Waals surface area contributed by atoms with Gasteiger partial charge >= 0.3 is 6.03 Å². The maximum atomic E-state index is 12.1. The Kier molecular flexibility index (Phi) is 4.69. The zero-order valence-corrected chi connectivity index (χ0v) is 13.3. The maximum absolute atomic E-state index is 12.1. The number of hydrogen-bond donors (Lipinski definition) is 2. The molecule has 1 aromatic rings. The number of nitrogens with zero attached hydrogens (tertiary/aromatic N) is 2. The standard InChI is InChI=1S/C17H24N4O2/c18-16(22)14-7-10-21(12-14)17(23)19-11-13-3-5-15(6-4-13)20-8-1-2-9-20/h3-6,14H,1-2,7-12H2,(H2,18,22)(H,19,23). The van der Waals surface area contributed by atoms with Crippen LogP contribution in [0, 0.1) is 5.92 Å². The molecule has 1 atom stereocenters. The molecule has 2 saturated heterocycles. The van der Waals surface area contributed by atoms with Gasteiger partial charge in [0.15, 0.2) is 0 Å². The number of likely N-dealkylation sites (tertiary alicyclic amines) is 1. The number of nitrogens with one attached hydrogen (secondary N) is 1. The van der Waals surface area contributed by atoms with Crippen molar-refractivity contribution in [2.24, 2.45) is 11.7 Å². The van der Waals surface area contributed by atoms with Crippen molar-refractivity contribution in [3.63, 3.8) is 0 Å². The number of urea groups is 1. The topological polar surface area (TPSA) is 78.7 Å². The summed E-state index contributed by atoms with van der Waals surface area (Å²) >= 11 is 0. The van der Waals surface area contributed by atoms with Crippen LogP contribution in [0.1, 0.15) is 24.8 Å². The van der Waals surface area contributed by atoms with Crippen LogP contribution in [-0.2, 0) is 11.3 Å². The first-order chi connectivity index (χ1) is 11.1. The molecule has 3 N–H and O–H groups in total. The number of primary amides is 1. The molecule has 0 aliphatic carbocycles. The third-order valence-corrected chi connectivity index (χ3v) is 4.73. The molecule has 0 spiro atoms. The predicted molar refractivity (Wildman–Crippen MR) is 89.0 cm³/mol. The van der Waals surface area contributed by atoms with E-state index in [1.54, 1.807) is 4.90 Å². The lowest BCUT2D eigenvalue weighted by molar-refractivity contribution is -0.121. The molecule has 6 nitrogen and oxygen atoms in total. The fraction of sp³-hybridized carbons (Fsp3) is 0.529. The van der Waals surface area contributed by atoms with E-state index in [9.17, 15) is 9.59 Å². The molecule has 6 heteroatoms. The van der Waals surface area contributed by atoms with Crippen LogP contribution in [-0.4, -0.2) is 43.0 Å². The normalized spacial score (nSPS) is 20.8. The Morgan fingerprint density at radius 2 is 1.83 bits per heavy atom. The summed E-state index contributed by atoms with van der Waals surface area (Å²) in [5.74, 6) is -0.529. The Morgan fingerprint density at radius 1 is 1.13 bits per heavy atom. The van der Waals surface area contributed by atoms with Crippen LogP contribution in [0.3, 0.4) is 0 Å². The van der Waals surface area contributed by atoms with Crippen LogP contribution in [0.4, 0.5) is 10.5 Å². The number of carbonyl (C=O) groups is 2. The zero-order chi connectivity index (χ0) is 16.2. The Balaban J connectivity index is 1.48. The van der Waals surface area contributed by atoms with Gasteiger partial charge in [0, 0.05) is 38.4 Å². The Bertz CT molecular complexity index is 566. The molecule has 23 heavy (non-hydrogen) atoms. The largest absolute Gasteiger partial charge is 0.372 e. The summed E-state index contributed by atoms with van der Waals surface area (Å²) in [4.78, 5) is 27.3. The van der Waals surface area contributed by atoms with Gasteiger partial charge in [-0.05, 0) is 37.0 Å². The van der Waals surface area contributed by atoms with Crippen LogP contribution < -0.4 is 16.0 Å². The first kappa shape index (κ1) is 15.6. The minimum absolute atomic E-state index is 0.127. The second-order valence-corrected chi connectivity index (χ2v) is 6.35. The van der Waals surface area contributed by atoms with Crippen molar-refractivity contribution < 1.29 is 9.59 Å². The average Bonchev–Trinajstić information content (AvgIpc) is 3.24. The van der Waals surface area contributed by atoms with Crippen molar-refractivity contribution in [1.29, 1.82) is 0 Å². The summed E-state index contributed by atoms with van der Waals surface area (Å²) in [5.41, 5.74) is 7.62. The fourth-order valence-electron chi connectivity index (χ4n) is 3.27. The van der Waals surface area contributed by atoms with Crippen LogP contribution in [0.25, 0.3) is 0 Å². The molecule has 3 amide bonds. The van der Waals surface area contributed by atoms with E-state index >= 15 is 0 Å². The fourth-order valence-corrected chi connectivity index (χ4v) is 3.27. The van der Waals surface area contributed by atoms with Crippen molar-refractivity contribution >= 4 is 17.6 Å². The molecule has 0 aromatic heterocycles. The lowest BCUT2D eigenvalue weighted by Gasteiger charge is -2.19. The van der Waals surface area contributed by atoms with Crippen molar-refractivity contribution in [1.82, 2.24) is 10.2 Å². The summed E-state index contributed by atoms with van der Waals surface area (Å²) in [7, 11) is 0. The average molecular weight is 316 g/mol. The van der Waals surface area contributed by atoms with Crippen LogP contribution >= 0.6 is 0 Å². The number of anilines is 1. The van der Waals surface area contributed by atoms with Gasteiger partial charge in [0.2, 0.25) is 5.91 Å². The van der Waals surface area contributed by atoms with E-state index < -0.39 is 0 Å². The molecular formula is C17H24N4O2. The molecule has 2 fully saturated rings. The third kappa shape index (κ3) is 3.75. The molecule has 0 radical (unpaired) electrons. The second-order valence-electron chi connectivity index (χ2n) is 6.35. The Hall–Kier alpha value is -2.24. The highest BCUT2D eigenvalue weighted by Gasteiger charge is 2.29. The molecule has 2 aliphatic heterocycles. The highest BCUT2D eigenvalue weighted by atomic mass is 16.2. The Labute approximate surface area is 136 Å². The molecule has 2 heterocycles. The van der Waals surface area contributed by atoms with E-state index in [0.717, 1.165) is 18.7 Å². The number of amides is 3. The van der Waals surface area contributed by atoms with E-state index in [2.05, 4.69) is 34.5 Å². The van der Waals surface area contributed by atoms with E-state index in [-0.39, 0.29) is 17.9 Å². The van der Waals surface area contributed by atoms with E-state index in [0.29, 0.717) is 26.1 Å². The van der Waals surface area contributed by atoms with Gasteiger partial charge < -0.3 is 20.9 Å². The molecular weight excluding hydrogens is 292 g/mol. The van der Waals surface area contributed by atoms with Gasteiger partial charge in [0.05, 0.1) is 5.92 Å². The van der Waals surface area contributed by atoms with Crippen molar-refractivity contribution in [2.75, 3.05) is 31.1 Å². The molecule has 1 aromatic carbocycles. The first-order valence-electron chi connectivity index (χ1n) is 8.29. The van der Waals surface area contributed by atoms with Crippen LogP contribution in [0.2, 0.25) is 0 Å². The van der Waals surface area contributed by atoms with E-state index in [4.69, 9.17) is 5.73 Å². The minimum atomic E-state index is -0.321. The van der Waals surface area contributed by atoms with E-state index in [1.165, 1.54) is 18.5 Å². The molecule has 2 aliphatic rings. The first-order valence-corrected chi connectivity index (χ1v) is 8.29. The third-order valence-electron chi connectivity index (χ3n) is 4.73. The Morgan fingerprint density at radius 3 is 2.43 bits per heavy atom. The van der Waals surface area contributed by atoms with Gasteiger partial charge in [0.25, 0.3) is 0 Å². The number of benzene rings is 1. The van der Waals surface area contributed by atoms with E-state index in [1.807, 2.05) is 0 Å². The predicted octanol–water partition coefficient (Wildman–Crippen LogP) is 1.30. The molecule has 124 valence electrons. The van der Waals surface area contributed by atoms with Gasteiger partial charge in [-0.15, -0.1) is 0 Å². The lowest BCUT2D eigenvalue weighted by atomic mass is 10.1. The lowest BCUT2D eigenvalue weighted by Crippen LogP contribution is -2.39. The van der Waals surface area contributed by atoms with Gasteiger partial charge in [-0.1, -0.05) is 12.1 Å². The zero-order valence-electron chi connectivity index (χ0n) is 13.3. The molecule has 3 rings (SSSR count). The van der Waals surface area contributed by atoms with Crippen LogP contribution in [0.5, 0.6) is 0 Å². The van der Waals surface area contributed by atoms with Crippen LogP contribution in [0.15, 0.2) is 24.3 Å². The summed E-state index contributed by atoms with van der Waals surface area (Å²) in [6, 6.07) is 8.23. The number of nitrogens with two attached hydrogens (primary N) is 1. The number of carbonyl (C=O) groups excluding carboxylic acids is 2. The van der Waals surface area contributed by atoms with Gasteiger partial charge in [0.1, 0.15) is 0 Å². The highest BCUT2D eigenvalue weighted by molar-refractivity contribution is 5.80. The van der Waals surface area contributed by atoms with Crippen molar-refractivity contribution in [3.05, 3.63) is 29.8 Å². The van der Waals surface area contributed by atoms with Crippen molar-refractivity contribution in [2.45, 2.75) is 25.8 Å². The molecule has 0 saturated carbocycles. The summed E-state index contributed by atoms with van der Waals surface area (Å²) in [5, 5.41) is 2.91. The minimum Gasteiger partial charge on any atom is -0.372 e. The van der Waals surface area contributed by atoms with Crippen molar-refractivity contribution in [3.8, 4) is 0 Å². The second kappa shape index (κ2) is 6.89. The summed E-state index contributed by atoms with van der Waals surface area (Å²) in [6.45, 7) is 3.78. The molecule has 1 unspecified atom stereocenters. The summed E-state index contributed by atoms with van der Waals surface area (Å²) < 4.78 is 0. The summed E-state index contributed by atoms with van der Waals surface area (Å²) in [6.07, 6.45) is 3.19. The molecule has 0 bridgehead atoms. The highest BCUT2D eigenvalue weighted by Crippen LogP contribution is 2.20. The number of rotatable bonds is 4.